The quantitative estimate of drug-likeness (QED) is 0.0282. The molecule has 0 aromatic heterocycles. The van der Waals surface area contributed by atoms with Gasteiger partial charge in [0.15, 0.2) is 6.10 Å². The van der Waals surface area contributed by atoms with Crippen LogP contribution in [-0.2, 0) is 32.7 Å². The van der Waals surface area contributed by atoms with Crippen molar-refractivity contribution in [1.82, 2.24) is 0 Å². The smallest absolute Gasteiger partial charge is 0.462 e. The lowest BCUT2D eigenvalue weighted by Gasteiger charge is -2.24. The second-order valence-corrected chi connectivity index (χ2v) is 18.4. The molecule has 0 fully saturated rings. The highest BCUT2D eigenvalue weighted by Crippen LogP contribution is 2.43. The van der Waals surface area contributed by atoms with Crippen LogP contribution in [0.1, 0.15) is 200 Å². The van der Waals surface area contributed by atoms with Crippen molar-refractivity contribution >= 4 is 19.8 Å². The van der Waals surface area contributed by atoms with Gasteiger partial charge in [-0.2, -0.15) is 0 Å². The van der Waals surface area contributed by atoms with Crippen LogP contribution in [0, 0.1) is 0 Å². The van der Waals surface area contributed by atoms with Crippen molar-refractivity contribution in [3.8, 4) is 0 Å². The fraction of sp³-hybridized carbons (Fsp3) is 0.867. The predicted molar refractivity (Wildman–Crippen MR) is 227 cm³/mol. The number of phosphoric ester groups is 1. The fourth-order valence-electron chi connectivity index (χ4n) is 6.79. The number of hydrogen-bond acceptors (Lipinski definition) is 7. The number of likely N-dealkylation sites (N-methyl/N-ethyl adjacent to an activating group) is 1. The van der Waals surface area contributed by atoms with E-state index >= 15 is 0 Å². The molecule has 2 atom stereocenters. The van der Waals surface area contributed by atoms with Crippen LogP contribution < -0.4 is 0 Å². The molecule has 1 aliphatic rings. The molecule has 1 rings (SSSR count). The molecule has 55 heavy (non-hydrogen) atoms. The maximum absolute atomic E-state index is 12.7. The molecule has 1 unspecified atom stereocenters. The molecule has 0 aromatic rings. The molecule has 0 aliphatic heterocycles. The Morgan fingerprint density at radius 3 is 1.56 bits per heavy atom. The predicted octanol–water partition coefficient (Wildman–Crippen LogP) is 12.5. The van der Waals surface area contributed by atoms with Crippen LogP contribution in [0.5, 0.6) is 0 Å². The van der Waals surface area contributed by atoms with Crippen molar-refractivity contribution in [2.75, 3.05) is 47.5 Å². The zero-order valence-electron chi connectivity index (χ0n) is 36.1. The van der Waals surface area contributed by atoms with E-state index in [1.54, 1.807) is 0 Å². The van der Waals surface area contributed by atoms with E-state index in [4.69, 9.17) is 18.5 Å². The summed E-state index contributed by atoms with van der Waals surface area (Å²) in [5.41, 5.74) is 1.52. The average molecular weight is 799 g/mol. The second-order valence-electron chi connectivity index (χ2n) is 16.9. The highest BCUT2D eigenvalue weighted by molar-refractivity contribution is 7.47. The summed E-state index contributed by atoms with van der Waals surface area (Å²) in [5, 5.41) is 0. The molecular weight excluding hydrogens is 713 g/mol. The van der Waals surface area contributed by atoms with Gasteiger partial charge in [0.05, 0.1) is 27.7 Å². The van der Waals surface area contributed by atoms with Crippen molar-refractivity contribution in [3.63, 3.8) is 0 Å². The maximum Gasteiger partial charge on any atom is 0.472 e. The van der Waals surface area contributed by atoms with Gasteiger partial charge in [0, 0.05) is 12.8 Å². The van der Waals surface area contributed by atoms with Gasteiger partial charge in [-0.05, 0) is 32.1 Å². The summed E-state index contributed by atoms with van der Waals surface area (Å²) in [6.45, 7) is 2.18. The SMILES string of the molecule is CCCCCCCCCCCCCCCC(=O)OC[C@H](COP(=O)(O)OCC[N+](C)(C)C)OC(=O)CCCCCCCCCCCCCCCC1=CCC=C1. The first-order valence-electron chi connectivity index (χ1n) is 22.6. The van der Waals surface area contributed by atoms with E-state index in [1.165, 1.54) is 140 Å². The largest absolute Gasteiger partial charge is 0.472 e. The minimum atomic E-state index is -4.37. The molecule has 0 spiro atoms. The molecule has 322 valence electrons. The first-order chi connectivity index (χ1) is 26.5. The zero-order chi connectivity index (χ0) is 40.3. The third kappa shape index (κ3) is 35.4. The number of quaternary nitrogens is 1. The Hall–Kier alpha value is -1.51. The molecular formula is C45H85NO8P+. The van der Waals surface area contributed by atoms with Gasteiger partial charge < -0.3 is 18.9 Å². The van der Waals surface area contributed by atoms with Crippen molar-refractivity contribution in [2.24, 2.45) is 0 Å². The van der Waals surface area contributed by atoms with Crippen LogP contribution >= 0.6 is 7.82 Å². The van der Waals surface area contributed by atoms with Crippen molar-refractivity contribution in [1.29, 1.82) is 0 Å². The van der Waals surface area contributed by atoms with Gasteiger partial charge in [-0.1, -0.05) is 178 Å². The van der Waals surface area contributed by atoms with Crippen LogP contribution in [-0.4, -0.2) is 74.9 Å². The van der Waals surface area contributed by atoms with Gasteiger partial charge >= 0.3 is 19.8 Å². The van der Waals surface area contributed by atoms with Crippen LogP contribution in [0.25, 0.3) is 0 Å². The summed E-state index contributed by atoms with van der Waals surface area (Å²) in [6, 6.07) is 0. The minimum absolute atomic E-state index is 0.0349. The lowest BCUT2D eigenvalue weighted by atomic mass is 10.0. The van der Waals surface area contributed by atoms with Crippen molar-refractivity contribution in [3.05, 3.63) is 23.8 Å². The number of phosphoric acid groups is 1. The summed E-state index contributed by atoms with van der Waals surface area (Å²) in [4.78, 5) is 35.4. The number of allylic oxidation sites excluding steroid dienone is 4. The highest BCUT2D eigenvalue weighted by Gasteiger charge is 2.27. The maximum atomic E-state index is 12.7. The molecule has 1 aliphatic carbocycles. The van der Waals surface area contributed by atoms with Crippen LogP contribution in [0.4, 0.5) is 0 Å². The molecule has 9 nitrogen and oxygen atoms in total. The Bertz CT molecular complexity index is 1060. The third-order valence-electron chi connectivity index (χ3n) is 10.3. The molecule has 0 bridgehead atoms. The van der Waals surface area contributed by atoms with Gasteiger partial charge in [0.1, 0.15) is 19.8 Å². The van der Waals surface area contributed by atoms with E-state index in [2.05, 4.69) is 25.2 Å². The molecule has 0 saturated carbocycles. The first-order valence-corrected chi connectivity index (χ1v) is 24.1. The lowest BCUT2D eigenvalue weighted by molar-refractivity contribution is -0.870. The average Bonchev–Trinajstić information content (AvgIpc) is 3.66. The Morgan fingerprint density at radius 2 is 1.11 bits per heavy atom. The monoisotopic (exact) mass is 799 g/mol. The molecule has 0 amide bonds. The summed E-state index contributed by atoms with van der Waals surface area (Å²) in [7, 11) is 1.49. The van der Waals surface area contributed by atoms with E-state index in [0.717, 1.165) is 38.5 Å². The molecule has 0 aromatic carbocycles. The van der Waals surface area contributed by atoms with Gasteiger partial charge in [-0.3, -0.25) is 18.6 Å². The van der Waals surface area contributed by atoms with Crippen molar-refractivity contribution in [2.45, 2.75) is 206 Å². The van der Waals surface area contributed by atoms with Gasteiger partial charge in [-0.25, -0.2) is 4.57 Å². The standard InChI is InChI=1S/C45H84NO8P/c1-5-6-7-8-9-10-11-13-17-20-23-26-29-36-44(47)51-40-43(41-53-55(49,50)52-39-38-46(2,3)4)54-45(48)37-30-27-24-21-18-15-12-14-16-19-22-25-28-33-42-34-31-32-35-42/h31,34-35,43H,5-30,32-33,36-41H2,1-4H3/p+1/t43-/m1/s1. The summed E-state index contributed by atoms with van der Waals surface area (Å²) < 4.78 is 34.3. The van der Waals surface area contributed by atoms with E-state index < -0.39 is 26.5 Å². The van der Waals surface area contributed by atoms with Gasteiger partial charge in [-0.15, -0.1) is 0 Å². The van der Waals surface area contributed by atoms with E-state index in [1.807, 2.05) is 21.1 Å². The Kier molecular flexibility index (Phi) is 32.3. The molecule has 0 heterocycles. The molecule has 10 heteroatoms. The molecule has 0 saturated heterocycles. The van der Waals surface area contributed by atoms with Crippen LogP contribution in [0.15, 0.2) is 23.8 Å². The second kappa shape index (κ2) is 34.5. The van der Waals surface area contributed by atoms with E-state index in [-0.39, 0.29) is 25.6 Å². The Morgan fingerprint density at radius 1 is 0.655 bits per heavy atom. The minimum Gasteiger partial charge on any atom is -0.462 e. The number of hydrogen-bond donors (Lipinski definition) is 1. The Balaban J connectivity index is 2.22. The molecule has 0 radical (unpaired) electrons. The number of esters is 2. The lowest BCUT2D eigenvalue weighted by Crippen LogP contribution is -2.37. The molecule has 1 N–H and O–H groups in total. The number of carbonyl (C=O) groups excluding carboxylic acids is 2. The fourth-order valence-corrected chi connectivity index (χ4v) is 7.53. The zero-order valence-corrected chi connectivity index (χ0v) is 36.9. The third-order valence-corrected chi connectivity index (χ3v) is 11.3. The number of carbonyl (C=O) groups is 2. The van der Waals surface area contributed by atoms with E-state index in [0.29, 0.717) is 23.9 Å². The number of nitrogens with zero attached hydrogens (tertiary/aromatic N) is 1. The van der Waals surface area contributed by atoms with Crippen LogP contribution in [0.2, 0.25) is 0 Å². The van der Waals surface area contributed by atoms with Crippen LogP contribution in [0.3, 0.4) is 0 Å². The summed E-state index contributed by atoms with van der Waals surface area (Å²) in [5.74, 6) is -0.788. The first kappa shape index (κ1) is 51.5. The number of ether oxygens (including phenoxy) is 2. The number of unbranched alkanes of at least 4 members (excludes halogenated alkanes) is 24. The van der Waals surface area contributed by atoms with Gasteiger partial charge in [0.2, 0.25) is 0 Å². The van der Waals surface area contributed by atoms with E-state index in [9.17, 15) is 19.0 Å². The topological polar surface area (TPSA) is 108 Å². The van der Waals surface area contributed by atoms with Crippen molar-refractivity contribution < 1.29 is 42.1 Å². The number of rotatable bonds is 40. The highest BCUT2D eigenvalue weighted by atomic mass is 31.2. The summed E-state index contributed by atoms with van der Waals surface area (Å²) in [6.07, 6.45) is 40.5. The Labute approximate surface area is 338 Å². The van der Waals surface area contributed by atoms with Gasteiger partial charge in [0.25, 0.3) is 0 Å². The normalized spacial score (nSPS) is 14.5. The summed E-state index contributed by atoms with van der Waals surface area (Å²) >= 11 is 0.